The second-order valence-electron chi connectivity index (χ2n) is 2.64. The van der Waals surface area contributed by atoms with E-state index in [-0.39, 0.29) is 13.2 Å². The zero-order valence-corrected chi connectivity index (χ0v) is 7.51. The topological polar surface area (TPSA) is 116 Å². The van der Waals surface area contributed by atoms with Gasteiger partial charge in [0.1, 0.15) is 5.82 Å². The SMILES string of the molecule is NNc1cncc(NC(CO)CO)n1. The largest absolute Gasteiger partial charge is 0.394 e. The van der Waals surface area contributed by atoms with Crippen LogP contribution in [0.4, 0.5) is 11.6 Å². The molecule has 0 amide bonds. The van der Waals surface area contributed by atoms with Gasteiger partial charge in [0.2, 0.25) is 0 Å². The molecule has 6 N–H and O–H groups in total. The van der Waals surface area contributed by atoms with Gasteiger partial charge in [-0.1, -0.05) is 0 Å². The molecule has 0 saturated carbocycles. The van der Waals surface area contributed by atoms with E-state index >= 15 is 0 Å². The molecule has 0 saturated heterocycles. The highest BCUT2D eigenvalue weighted by Crippen LogP contribution is 2.06. The van der Waals surface area contributed by atoms with Gasteiger partial charge >= 0.3 is 0 Å². The molecule has 14 heavy (non-hydrogen) atoms. The van der Waals surface area contributed by atoms with Crippen molar-refractivity contribution in [3.63, 3.8) is 0 Å². The number of nitrogens with one attached hydrogen (secondary N) is 2. The van der Waals surface area contributed by atoms with Gasteiger partial charge < -0.3 is 21.0 Å². The Balaban J connectivity index is 2.65. The molecule has 1 aromatic heterocycles. The quantitative estimate of drug-likeness (QED) is 0.290. The van der Waals surface area contributed by atoms with Crippen LogP contribution in [-0.4, -0.2) is 39.4 Å². The Labute approximate surface area is 81.0 Å². The van der Waals surface area contributed by atoms with Gasteiger partial charge in [0.25, 0.3) is 0 Å². The summed E-state index contributed by atoms with van der Waals surface area (Å²) in [7, 11) is 0. The zero-order chi connectivity index (χ0) is 10.4. The lowest BCUT2D eigenvalue weighted by molar-refractivity contribution is 0.203. The number of nitrogens with zero attached hydrogens (tertiary/aromatic N) is 2. The third kappa shape index (κ3) is 2.80. The summed E-state index contributed by atoms with van der Waals surface area (Å²) in [5.74, 6) is 5.98. The first kappa shape index (κ1) is 10.6. The molecule has 0 unspecified atom stereocenters. The number of nitrogens with two attached hydrogens (primary N) is 1. The highest BCUT2D eigenvalue weighted by Gasteiger charge is 2.06. The highest BCUT2D eigenvalue weighted by molar-refractivity contribution is 5.41. The normalized spacial score (nSPS) is 10.3. The van der Waals surface area contributed by atoms with Crippen molar-refractivity contribution in [2.75, 3.05) is 24.0 Å². The minimum Gasteiger partial charge on any atom is -0.394 e. The number of aromatic nitrogens is 2. The van der Waals surface area contributed by atoms with Crippen molar-refractivity contribution in [1.82, 2.24) is 9.97 Å². The molecule has 0 aliphatic rings. The maximum Gasteiger partial charge on any atom is 0.160 e. The number of aliphatic hydroxyl groups is 2. The van der Waals surface area contributed by atoms with E-state index in [0.29, 0.717) is 11.6 Å². The van der Waals surface area contributed by atoms with Gasteiger partial charge in [-0.3, -0.25) is 4.98 Å². The average Bonchev–Trinajstić information content (AvgIpc) is 2.26. The number of aliphatic hydroxyl groups excluding tert-OH is 2. The Bertz CT molecular complexity index is 279. The molecule has 0 aromatic carbocycles. The Morgan fingerprint density at radius 3 is 2.50 bits per heavy atom. The number of hydrogen-bond donors (Lipinski definition) is 5. The summed E-state index contributed by atoms with van der Waals surface area (Å²) in [6.07, 6.45) is 2.93. The molecular formula is C7H13N5O2. The van der Waals surface area contributed by atoms with Gasteiger partial charge in [-0.15, -0.1) is 0 Å². The van der Waals surface area contributed by atoms with Crippen molar-refractivity contribution >= 4 is 11.6 Å². The first-order valence-electron chi connectivity index (χ1n) is 4.07. The molecule has 0 fully saturated rings. The molecule has 0 aliphatic carbocycles. The first-order valence-corrected chi connectivity index (χ1v) is 4.07. The Kier molecular flexibility index (Phi) is 4.05. The lowest BCUT2D eigenvalue weighted by Crippen LogP contribution is -2.28. The minimum atomic E-state index is -0.447. The minimum absolute atomic E-state index is 0.182. The van der Waals surface area contributed by atoms with Crippen LogP contribution in [0.1, 0.15) is 0 Å². The lowest BCUT2D eigenvalue weighted by atomic mass is 10.3. The maximum absolute atomic E-state index is 8.80. The molecule has 7 nitrogen and oxygen atoms in total. The standard InChI is InChI=1S/C7H13N5O2/c8-12-7-2-9-1-6(11-7)10-5(3-13)4-14/h1-2,5,13-14H,3-4,8H2,(H2,10,11,12). The first-order chi connectivity index (χ1) is 6.80. The van der Waals surface area contributed by atoms with Crippen LogP contribution in [0.15, 0.2) is 12.4 Å². The van der Waals surface area contributed by atoms with Crippen LogP contribution in [0.3, 0.4) is 0 Å². The van der Waals surface area contributed by atoms with Crippen LogP contribution in [0.5, 0.6) is 0 Å². The van der Waals surface area contributed by atoms with Gasteiger partial charge in [-0.25, -0.2) is 10.8 Å². The number of rotatable bonds is 5. The van der Waals surface area contributed by atoms with E-state index in [4.69, 9.17) is 16.1 Å². The molecule has 78 valence electrons. The summed E-state index contributed by atoms with van der Waals surface area (Å²) >= 11 is 0. The van der Waals surface area contributed by atoms with Gasteiger partial charge in [0, 0.05) is 0 Å². The molecule has 7 heteroatoms. The van der Waals surface area contributed by atoms with Crippen LogP contribution in [0, 0.1) is 0 Å². The molecule has 0 atom stereocenters. The summed E-state index contributed by atoms with van der Waals surface area (Å²) in [6, 6.07) is -0.447. The van der Waals surface area contributed by atoms with E-state index in [1.165, 1.54) is 12.4 Å². The molecule has 1 heterocycles. The van der Waals surface area contributed by atoms with Crippen LogP contribution >= 0.6 is 0 Å². The maximum atomic E-state index is 8.80. The van der Waals surface area contributed by atoms with Crippen molar-refractivity contribution in [1.29, 1.82) is 0 Å². The number of nitrogen functional groups attached to an aromatic ring is 1. The third-order valence-corrected chi connectivity index (χ3v) is 1.58. The van der Waals surface area contributed by atoms with Gasteiger partial charge in [-0.05, 0) is 0 Å². The fraction of sp³-hybridized carbons (Fsp3) is 0.429. The van der Waals surface area contributed by atoms with E-state index in [1.807, 2.05) is 0 Å². The van der Waals surface area contributed by atoms with Gasteiger partial charge in [0.05, 0.1) is 31.6 Å². The predicted molar refractivity (Wildman–Crippen MR) is 51.4 cm³/mol. The monoisotopic (exact) mass is 199 g/mol. The molecule has 0 aliphatic heterocycles. The number of hydrazine groups is 1. The van der Waals surface area contributed by atoms with Crippen LogP contribution in [-0.2, 0) is 0 Å². The summed E-state index contributed by atoms with van der Waals surface area (Å²) in [4.78, 5) is 7.84. The van der Waals surface area contributed by atoms with E-state index in [9.17, 15) is 0 Å². The lowest BCUT2D eigenvalue weighted by Gasteiger charge is -2.13. The summed E-state index contributed by atoms with van der Waals surface area (Å²) < 4.78 is 0. The van der Waals surface area contributed by atoms with Crippen molar-refractivity contribution < 1.29 is 10.2 Å². The Hall–Kier alpha value is -1.44. The molecule has 1 aromatic rings. The van der Waals surface area contributed by atoms with Crippen molar-refractivity contribution in [2.45, 2.75) is 6.04 Å². The number of hydrogen-bond acceptors (Lipinski definition) is 7. The molecule has 0 radical (unpaired) electrons. The third-order valence-electron chi connectivity index (χ3n) is 1.58. The van der Waals surface area contributed by atoms with E-state index < -0.39 is 6.04 Å². The summed E-state index contributed by atoms with van der Waals surface area (Å²) in [5.41, 5.74) is 2.34. The van der Waals surface area contributed by atoms with E-state index in [0.717, 1.165) is 0 Å². The smallest absolute Gasteiger partial charge is 0.160 e. The molecular weight excluding hydrogens is 186 g/mol. The average molecular weight is 199 g/mol. The van der Waals surface area contributed by atoms with Gasteiger partial charge in [-0.2, -0.15) is 0 Å². The van der Waals surface area contributed by atoms with Crippen molar-refractivity contribution in [3.8, 4) is 0 Å². The van der Waals surface area contributed by atoms with Crippen molar-refractivity contribution in [3.05, 3.63) is 12.4 Å². The summed E-state index contributed by atoms with van der Waals surface area (Å²) in [5, 5.41) is 20.4. The van der Waals surface area contributed by atoms with Gasteiger partial charge in [0.15, 0.2) is 5.82 Å². The number of anilines is 2. The second kappa shape index (κ2) is 5.32. The zero-order valence-electron chi connectivity index (χ0n) is 7.51. The molecule has 1 rings (SSSR count). The fourth-order valence-electron chi connectivity index (χ4n) is 0.863. The Morgan fingerprint density at radius 1 is 1.29 bits per heavy atom. The Morgan fingerprint density at radius 2 is 1.93 bits per heavy atom. The van der Waals surface area contributed by atoms with Crippen LogP contribution < -0.4 is 16.6 Å². The predicted octanol–water partition coefficient (Wildman–Crippen LogP) is -1.47. The van der Waals surface area contributed by atoms with E-state index in [1.54, 1.807) is 0 Å². The highest BCUT2D eigenvalue weighted by atomic mass is 16.3. The second-order valence-corrected chi connectivity index (χ2v) is 2.64. The molecule has 0 bridgehead atoms. The van der Waals surface area contributed by atoms with E-state index in [2.05, 4.69) is 20.7 Å². The fourth-order valence-corrected chi connectivity index (χ4v) is 0.863. The van der Waals surface area contributed by atoms with Crippen LogP contribution in [0.2, 0.25) is 0 Å². The van der Waals surface area contributed by atoms with Crippen molar-refractivity contribution in [2.24, 2.45) is 5.84 Å². The molecule has 0 spiro atoms. The van der Waals surface area contributed by atoms with Crippen LogP contribution in [0.25, 0.3) is 0 Å². The summed E-state index contributed by atoms with van der Waals surface area (Å²) in [6.45, 7) is -0.364.